The molecule has 1 unspecified atom stereocenters. The van der Waals surface area contributed by atoms with Crippen molar-refractivity contribution in [2.75, 3.05) is 19.7 Å². The van der Waals surface area contributed by atoms with Gasteiger partial charge in [-0.15, -0.1) is 11.3 Å². The zero-order chi connectivity index (χ0) is 13.7. The summed E-state index contributed by atoms with van der Waals surface area (Å²) in [7, 11) is 0. The molecule has 1 atom stereocenters. The maximum Gasteiger partial charge on any atom is 0.252 e. The first-order valence-corrected chi connectivity index (χ1v) is 7.20. The first kappa shape index (κ1) is 14.1. The van der Waals surface area contributed by atoms with E-state index in [0.29, 0.717) is 18.7 Å². The molecule has 0 saturated carbocycles. The highest BCUT2D eigenvalue weighted by atomic mass is 32.1. The van der Waals surface area contributed by atoms with Crippen LogP contribution in [0.3, 0.4) is 0 Å². The molecule has 102 valence electrons. The van der Waals surface area contributed by atoms with Gasteiger partial charge in [0.05, 0.1) is 22.6 Å². The van der Waals surface area contributed by atoms with E-state index >= 15 is 0 Å². The number of ether oxygens (including phenoxy) is 1. The van der Waals surface area contributed by atoms with Crippen molar-refractivity contribution in [3.05, 3.63) is 21.9 Å². The average molecular weight is 278 g/mol. The highest BCUT2D eigenvalue weighted by Gasteiger charge is 2.30. The van der Waals surface area contributed by atoms with E-state index in [9.17, 15) is 4.79 Å². The standard InChI is InChI=1S/C14H18N2O2S/c1-14(5-3-7-18-14)10-16-13(17)11-8-12(19-9-11)4-2-6-15/h8-9H,3,5-7,10,15H2,1H3,(H,16,17). The van der Waals surface area contributed by atoms with Crippen molar-refractivity contribution >= 4 is 17.2 Å². The van der Waals surface area contributed by atoms with Gasteiger partial charge in [-0.25, -0.2) is 0 Å². The van der Waals surface area contributed by atoms with Gasteiger partial charge in [0.25, 0.3) is 5.91 Å². The summed E-state index contributed by atoms with van der Waals surface area (Å²) in [6.07, 6.45) is 2.05. The minimum atomic E-state index is -0.214. The lowest BCUT2D eigenvalue weighted by Crippen LogP contribution is -2.39. The van der Waals surface area contributed by atoms with E-state index in [1.165, 1.54) is 11.3 Å². The third kappa shape index (κ3) is 3.80. The summed E-state index contributed by atoms with van der Waals surface area (Å²) < 4.78 is 5.64. The summed E-state index contributed by atoms with van der Waals surface area (Å²) >= 11 is 1.45. The fourth-order valence-corrected chi connectivity index (χ4v) is 2.76. The van der Waals surface area contributed by atoms with E-state index in [0.717, 1.165) is 24.3 Å². The normalized spacial score (nSPS) is 21.8. The molecule has 1 aromatic rings. The predicted molar refractivity (Wildman–Crippen MR) is 76.2 cm³/mol. The SMILES string of the molecule is CC1(CNC(=O)c2csc(C#CCN)c2)CCCO1. The third-order valence-electron chi connectivity index (χ3n) is 3.10. The van der Waals surface area contributed by atoms with E-state index in [-0.39, 0.29) is 11.5 Å². The fourth-order valence-electron chi connectivity index (χ4n) is 2.00. The van der Waals surface area contributed by atoms with Gasteiger partial charge in [-0.05, 0) is 25.8 Å². The van der Waals surface area contributed by atoms with Crippen molar-refractivity contribution in [1.82, 2.24) is 5.32 Å². The van der Waals surface area contributed by atoms with Crippen molar-refractivity contribution in [3.63, 3.8) is 0 Å². The average Bonchev–Trinajstić information content (AvgIpc) is 3.03. The van der Waals surface area contributed by atoms with Crippen molar-refractivity contribution in [2.45, 2.75) is 25.4 Å². The van der Waals surface area contributed by atoms with Gasteiger partial charge in [-0.3, -0.25) is 4.79 Å². The molecule has 0 aromatic carbocycles. The monoisotopic (exact) mass is 278 g/mol. The fraction of sp³-hybridized carbons (Fsp3) is 0.500. The second kappa shape index (κ2) is 6.20. The van der Waals surface area contributed by atoms with Gasteiger partial charge in [0.2, 0.25) is 0 Å². The van der Waals surface area contributed by atoms with Crippen LogP contribution in [-0.4, -0.2) is 31.2 Å². The minimum absolute atomic E-state index is 0.0752. The smallest absolute Gasteiger partial charge is 0.252 e. The zero-order valence-corrected chi connectivity index (χ0v) is 11.8. The van der Waals surface area contributed by atoms with Crippen LogP contribution in [0.2, 0.25) is 0 Å². The molecule has 0 bridgehead atoms. The van der Waals surface area contributed by atoms with Gasteiger partial charge in [-0.1, -0.05) is 11.8 Å². The van der Waals surface area contributed by atoms with Gasteiger partial charge < -0.3 is 15.8 Å². The Morgan fingerprint density at radius 2 is 2.53 bits per heavy atom. The number of hydrogen-bond acceptors (Lipinski definition) is 4. The Kier molecular flexibility index (Phi) is 4.59. The van der Waals surface area contributed by atoms with E-state index in [1.807, 2.05) is 12.3 Å². The van der Waals surface area contributed by atoms with Gasteiger partial charge in [0, 0.05) is 18.5 Å². The molecule has 1 aromatic heterocycles. The topological polar surface area (TPSA) is 64.4 Å². The number of hydrogen-bond donors (Lipinski definition) is 2. The van der Waals surface area contributed by atoms with Gasteiger partial charge >= 0.3 is 0 Å². The Balaban J connectivity index is 1.91. The first-order valence-electron chi connectivity index (χ1n) is 6.33. The first-order chi connectivity index (χ1) is 9.13. The molecule has 2 heterocycles. The number of carbonyl (C=O) groups excluding carboxylic acids is 1. The van der Waals surface area contributed by atoms with Gasteiger partial charge in [0.1, 0.15) is 0 Å². The quantitative estimate of drug-likeness (QED) is 0.821. The number of thiophene rings is 1. The van der Waals surface area contributed by atoms with Crippen molar-refractivity contribution in [1.29, 1.82) is 0 Å². The van der Waals surface area contributed by atoms with Crippen LogP contribution in [-0.2, 0) is 4.74 Å². The summed E-state index contributed by atoms with van der Waals surface area (Å²) in [5.41, 5.74) is 5.74. The van der Waals surface area contributed by atoms with E-state index in [4.69, 9.17) is 10.5 Å². The molecule has 5 heteroatoms. The number of rotatable bonds is 3. The molecule has 19 heavy (non-hydrogen) atoms. The van der Waals surface area contributed by atoms with Gasteiger partial charge in [0.15, 0.2) is 0 Å². The molecule has 1 aliphatic rings. The molecule has 2 rings (SSSR count). The van der Waals surface area contributed by atoms with Crippen LogP contribution in [0, 0.1) is 11.8 Å². The van der Waals surface area contributed by atoms with Crippen LogP contribution in [0.1, 0.15) is 35.0 Å². The molecule has 4 nitrogen and oxygen atoms in total. The predicted octanol–water partition coefficient (Wildman–Crippen LogP) is 1.36. The summed E-state index contributed by atoms with van der Waals surface area (Å²) in [5.74, 6) is 5.62. The highest BCUT2D eigenvalue weighted by molar-refractivity contribution is 7.10. The Morgan fingerprint density at radius 3 is 3.21 bits per heavy atom. The molecule has 1 aliphatic heterocycles. The van der Waals surface area contributed by atoms with Crippen LogP contribution in [0.25, 0.3) is 0 Å². The Labute approximate surface area is 117 Å². The zero-order valence-electron chi connectivity index (χ0n) is 11.0. The Bertz CT molecular complexity index is 507. The maximum atomic E-state index is 12.0. The number of nitrogens with two attached hydrogens (primary N) is 1. The number of carbonyl (C=O) groups is 1. The van der Waals surface area contributed by atoms with E-state index < -0.39 is 0 Å². The lowest BCUT2D eigenvalue weighted by Gasteiger charge is -2.23. The number of nitrogens with one attached hydrogen (secondary N) is 1. The minimum Gasteiger partial charge on any atom is -0.373 e. The molecular weight excluding hydrogens is 260 g/mol. The highest BCUT2D eigenvalue weighted by Crippen LogP contribution is 2.24. The molecule has 0 radical (unpaired) electrons. The Hall–Kier alpha value is -1.35. The molecule has 1 amide bonds. The maximum absolute atomic E-state index is 12.0. The summed E-state index contributed by atoms with van der Waals surface area (Å²) in [4.78, 5) is 12.9. The van der Waals surface area contributed by atoms with Crippen LogP contribution in [0.4, 0.5) is 0 Å². The summed E-state index contributed by atoms with van der Waals surface area (Å²) in [5, 5.41) is 4.73. The molecule has 1 fully saturated rings. The Morgan fingerprint density at radius 1 is 1.68 bits per heavy atom. The second-order valence-electron chi connectivity index (χ2n) is 4.79. The van der Waals surface area contributed by atoms with Gasteiger partial charge in [-0.2, -0.15) is 0 Å². The lowest BCUT2D eigenvalue weighted by molar-refractivity contribution is 0.0206. The van der Waals surface area contributed by atoms with E-state index in [2.05, 4.69) is 17.2 Å². The molecule has 3 N–H and O–H groups in total. The van der Waals surface area contributed by atoms with Crippen LogP contribution >= 0.6 is 11.3 Å². The molecule has 1 saturated heterocycles. The van der Waals surface area contributed by atoms with E-state index in [1.54, 1.807) is 6.07 Å². The largest absolute Gasteiger partial charge is 0.373 e. The molecule has 0 spiro atoms. The molecule has 0 aliphatic carbocycles. The number of amides is 1. The summed E-state index contributed by atoms with van der Waals surface area (Å²) in [6, 6.07) is 1.79. The van der Waals surface area contributed by atoms with Crippen LogP contribution < -0.4 is 11.1 Å². The molecular formula is C14H18N2O2S. The lowest BCUT2D eigenvalue weighted by atomic mass is 10.0. The van der Waals surface area contributed by atoms with Crippen LogP contribution in [0.15, 0.2) is 11.4 Å². The summed E-state index contributed by atoms with van der Waals surface area (Å²) in [6.45, 7) is 3.69. The van der Waals surface area contributed by atoms with Crippen molar-refractivity contribution in [3.8, 4) is 11.8 Å². The van der Waals surface area contributed by atoms with Crippen LogP contribution in [0.5, 0.6) is 0 Å². The van der Waals surface area contributed by atoms with Crippen molar-refractivity contribution < 1.29 is 9.53 Å². The second-order valence-corrected chi connectivity index (χ2v) is 5.70. The third-order valence-corrected chi connectivity index (χ3v) is 3.94. The van der Waals surface area contributed by atoms with Crippen molar-refractivity contribution in [2.24, 2.45) is 5.73 Å².